The summed E-state index contributed by atoms with van der Waals surface area (Å²) in [4.78, 5) is 28.1. The molecule has 0 aliphatic rings. The second-order valence-electron chi connectivity index (χ2n) is 8.16. The lowest BCUT2D eigenvalue weighted by molar-refractivity contribution is -0.142. The van der Waals surface area contributed by atoms with Crippen molar-refractivity contribution in [3.63, 3.8) is 0 Å². The number of nitrogens with one attached hydrogen (secondary N) is 1. The van der Waals surface area contributed by atoms with E-state index >= 15 is 0 Å². The maximum absolute atomic E-state index is 13.5. The van der Waals surface area contributed by atoms with E-state index in [0.717, 1.165) is 16.7 Å². The van der Waals surface area contributed by atoms with Crippen LogP contribution in [0.2, 0.25) is 0 Å². The first-order chi connectivity index (χ1) is 16.9. The lowest BCUT2D eigenvalue weighted by Gasteiger charge is -2.31. The first-order valence-electron chi connectivity index (χ1n) is 11.4. The highest BCUT2D eigenvalue weighted by molar-refractivity contribution is 5.88. The Morgan fingerprint density at radius 2 is 1.46 bits per heavy atom. The third-order valence-electron chi connectivity index (χ3n) is 5.68. The van der Waals surface area contributed by atoms with Crippen LogP contribution in [0.1, 0.15) is 16.7 Å². The van der Waals surface area contributed by atoms with Gasteiger partial charge >= 0.3 is 0 Å². The van der Waals surface area contributed by atoms with Crippen LogP contribution in [0.15, 0.2) is 72.8 Å². The second-order valence-corrected chi connectivity index (χ2v) is 8.16. The first-order valence-corrected chi connectivity index (χ1v) is 11.4. The van der Waals surface area contributed by atoms with E-state index in [0.29, 0.717) is 23.7 Å². The van der Waals surface area contributed by atoms with Crippen LogP contribution in [0.25, 0.3) is 0 Å². The summed E-state index contributed by atoms with van der Waals surface area (Å²) in [6.07, 6.45) is 0.380. The number of likely N-dealkylation sites (N-methyl/N-ethyl adjacent to an activating group) is 1. The second kappa shape index (κ2) is 12.5. The lowest BCUT2D eigenvalue weighted by atomic mass is 10.0. The van der Waals surface area contributed by atoms with Crippen LogP contribution >= 0.6 is 0 Å². The predicted molar refractivity (Wildman–Crippen MR) is 135 cm³/mol. The van der Waals surface area contributed by atoms with Crippen molar-refractivity contribution < 1.29 is 23.8 Å². The summed E-state index contributed by atoms with van der Waals surface area (Å²) < 4.78 is 16.4. The zero-order valence-electron chi connectivity index (χ0n) is 20.6. The summed E-state index contributed by atoms with van der Waals surface area (Å²) in [6, 6.07) is 21.9. The van der Waals surface area contributed by atoms with Crippen LogP contribution < -0.4 is 19.5 Å². The van der Waals surface area contributed by atoms with Gasteiger partial charge in [-0.1, -0.05) is 60.2 Å². The zero-order valence-corrected chi connectivity index (χ0v) is 20.6. The van der Waals surface area contributed by atoms with E-state index in [4.69, 9.17) is 14.2 Å². The molecule has 35 heavy (non-hydrogen) atoms. The molecule has 0 aliphatic carbocycles. The third kappa shape index (κ3) is 7.24. The Morgan fingerprint density at radius 3 is 2.03 bits per heavy atom. The van der Waals surface area contributed by atoms with Crippen molar-refractivity contribution in [1.82, 2.24) is 10.2 Å². The van der Waals surface area contributed by atoms with Crippen LogP contribution in [-0.2, 0) is 22.6 Å². The maximum atomic E-state index is 13.5. The van der Waals surface area contributed by atoms with E-state index in [9.17, 15) is 9.59 Å². The fraction of sp³-hybridized carbons (Fsp3) is 0.286. The Morgan fingerprint density at radius 1 is 0.857 bits per heavy atom. The fourth-order valence-corrected chi connectivity index (χ4v) is 3.70. The van der Waals surface area contributed by atoms with Crippen molar-refractivity contribution >= 4 is 11.8 Å². The first kappa shape index (κ1) is 25.6. The standard InChI is InChI=1S/C28H32N2O5/c1-20-10-12-22(13-11-20)18-30(26(28(32)29-2)14-21-8-6-5-7-9-21)27(31)19-35-25-16-23(33-3)15-24(17-25)34-4/h5-13,15-17,26H,14,18-19H2,1-4H3,(H,29,32)/t26-/m0/s1. The molecule has 3 rings (SSSR count). The molecule has 0 bridgehead atoms. The number of methoxy groups -OCH3 is 2. The van der Waals surface area contributed by atoms with Gasteiger partial charge in [-0.2, -0.15) is 0 Å². The minimum absolute atomic E-state index is 0.239. The van der Waals surface area contributed by atoms with Crippen molar-refractivity contribution in [2.45, 2.75) is 25.9 Å². The van der Waals surface area contributed by atoms with Crippen molar-refractivity contribution in [1.29, 1.82) is 0 Å². The van der Waals surface area contributed by atoms with Gasteiger partial charge in [0.2, 0.25) is 5.91 Å². The smallest absolute Gasteiger partial charge is 0.261 e. The van der Waals surface area contributed by atoms with Crippen LogP contribution in [0.3, 0.4) is 0 Å². The highest BCUT2D eigenvalue weighted by atomic mass is 16.5. The number of aryl methyl sites for hydroxylation is 1. The summed E-state index contributed by atoms with van der Waals surface area (Å²) in [6.45, 7) is 2.03. The van der Waals surface area contributed by atoms with Gasteiger partial charge in [-0.15, -0.1) is 0 Å². The summed E-state index contributed by atoms with van der Waals surface area (Å²) >= 11 is 0. The van der Waals surface area contributed by atoms with Crippen LogP contribution in [0.4, 0.5) is 0 Å². The molecular formula is C28H32N2O5. The molecule has 1 atom stereocenters. The van der Waals surface area contributed by atoms with Crippen molar-refractivity contribution in [3.8, 4) is 17.2 Å². The molecule has 7 heteroatoms. The minimum atomic E-state index is -0.709. The van der Waals surface area contributed by atoms with Gasteiger partial charge in [0.25, 0.3) is 5.91 Å². The molecule has 0 spiro atoms. The number of nitrogens with zero attached hydrogens (tertiary/aromatic N) is 1. The predicted octanol–water partition coefficient (Wildman–Crippen LogP) is 3.78. The maximum Gasteiger partial charge on any atom is 0.261 e. The Bertz CT molecular complexity index is 1090. The number of amides is 2. The molecule has 0 radical (unpaired) electrons. The van der Waals surface area contributed by atoms with E-state index in [-0.39, 0.29) is 25.0 Å². The van der Waals surface area contributed by atoms with E-state index in [2.05, 4.69) is 5.32 Å². The molecule has 0 aliphatic heterocycles. The molecule has 0 saturated carbocycles. The zero-order chi connectivity index (χ0) is 25.2. The van der Waals surface area contributed by atoms with Crippen LogP contribution in [0, 0.1) is 6.92 Å². The SMILES string of the molecule is CNC(=O)[C@H](Cc1ccccc1)N(Cc1ccc(C)cc1)C(=O)COc1cc(OC)cc(OC)c1. The molecule has 0 unspecified atom stereocenters. The Kier molecular flexibility index (Phi) is 9.12. The normalized spacial score (nSPS) is 11.3. The van der Waals surface area contributed by atoms with E-state index < -0.39 is 6.04 Å². The highest BCUT2D eigenvalue weighted by Gasteiger charge is 2.30. The molecule has 184 valence electrons. The summed E-state index contributed by atoms with van der Waals surface area (Å²) in [7, 11) is 4.67. The molecule has 3 aromatic carbocycles. The summed E-state index contributed by atoms with van der Waals surface area (Å²) in [5.74, 6) is 0.991. The molecule has 0 saturated heterocycles. The topological polar surface area (TPSA) is 77.1 Å². The fourth-order valence-electron chi connectivity index (χ4n) is 3.70. The van der Waals surface area contributed by atoms with Crippen LogP contribution in [0.5, 0.6) is 17.2 Å². The summed E-state index contributed by atoms with van der Waals surface area (Å²) in [5.41, 5.74) is 3.00. The van der Waals surface area contributed by atoms with Crippen LogP contribution in [-0.4, -0.2) is 50.6 Å². The molecule has 0 aromatic heterocycles. The van der Waals surface area contributed by atoms with Crippen molar-refractivity contribution in [2.24, 2.45) is 0 Å². The molecular weight excluding hydrogens is 444 g/mol. The molecule has 0 fully saturated rings. The van der Waals surface area contributed by atoms with E-state index in [1.54, 1.807) is 44.4 Å². The van der Waals surface area contributed by atoms with Crippen molar-refractivity contribution in [2.75, 3.05) is 27.9 Å². The molecule has 1 N–H and O–H groups in total. The monoisotopic (exact) mass is 476 g/mol. The number of carbonyl (C=O) groups excluding carboxylic acids is 2. The molecule has 7 nitrogen and oxygen atoms in total. The van der Waals surface area contributed by atoms with Gasteiger partial charge in [0.05, 0.1) is 14.2 Å². The average molecular weight is 477 g/mol. The minimum Gasteiger partial charge on any atom is -0.496 e. The number of hydrogen-bond donors (Lipinski definition) is 1. The number of hydrogen-bond acceptors (Lipinski definition) is 5. The largest absolute Gasteiger partial charge is 0.496 e. The molecule has 0 heterocycles. The quantitative estimate of drug-likeness (QED) is 0.456. The number of carbonyl (C=O) groups is 2. The van der Waals surface area contributed by atoms with Gasteiger partial charge < -0.3 is 24.4 Å². The molecule has 3 aromatic rings. The van der Waals surface area contributed by atoms with E-state index in [1.807, 2.05) is 61.5 Å². The van der Waals surface area contributed by atoms with Crippen molar-refractivity contribution in [3.05, 3.63) is 89.5 Å². The third-order valence-corrected chi connectivity index (χ3v) is 5.68. The van der Waals surface area contributed by atoms with E-state index in [1.165, 1.54) is 0 Å². The van der Waals surface area contributed by atoms with Gasteiger partial charge in [-0.3, -0.25) is 9.59 Å². The van der Waals surface area contributed by atoms with Gasteiger partial charge in [-0.25, -0.2) is 0 Å². The molecule has 2 amide bonds. The summed E-state index contributed by atoms with van der Waals surface area (Å²) in [5, 5.41) is 2.71. The highest BCUT2D eigenvalue weighted by Crippen LogP contribution is 2.27. The Balaban J connectivity index is 1.87. The van der Waals surface area contributed by atoms with Gasteiger partial charge in [0.1, 0.15) is 23.3 Å². The van der Waals surface area contributed by atoms with Gasteiger partial charge in [0, 0.05) is 38.2 Å². The Labute approximate surface area is 206 Å². The van der Waals surface area contributed by atoms with Gasteiger partial charge in [-0.05, 0) is 18.1 Å². The number of benzene rings is 3. The lowest BCUT2D eigenvalue weighted by Crippen LogP contribution is -2.51. The number of ether oxygens (including phenoxy) is 3. The number of rotatable bonds is 11. The Hall–Kier alpha value is -4.00. The van der Waals surface area contributed by atoms with Gasteiger partial charge in [0.15, 0.2) is 6.61 Å². The average Bonchev–Trinajstić information content (AvgIpc) is 2.90.